The summed E-state index contributed by atoms with van der Waals surface area (Å²) >= 11 is 0. The molecule has 1 N–H and O–H groups in total. The second-order valence-corrected chi connectivity index (χ2v) is 4.65. The number of aromatic nitrogens is 2. The van der Waals surface area contributed by atoms with Gasteiger partial charge in [-0.1, -0.05) is 19.8 Å². The largest absolute Gasteiger partial charge is 0.319 e. The summed E-state index contributed by atoms with van der Waals surface area (Å²) < 4.78 is 2.18. The van der Waals surface area contributed by atoms with Crippen molar-refractivity contribution in [1.29, 1.82) is 0 Å². The molecule has 0 amide bonds. The quantitative estimate of drug-likeness (QED) is 0.821. The van der Waals surface area contributed by atoms with Gasteiger partial charge in [0.2, 0.25) is 0 Å². The summed E-state index contributed by atoms with van der Waals surface area (Å²) in [7, 11) is 2.00. The average Bonchev–Trinajstić information content (AvgIpc) is 2.89. The molecule has 0 aromatic carbocycles. The van der Waals surface area contributed by atoms with Crippen molar-refractivity contribution in [2.24, 2.45) is 0 Å². The molecule has 0 spiro atoms. The van der Waals surface area contributed by atoms with Gasteiger partial charge in [0.25, 0.3) is 0 Å². The van der Waals surface area contributed by atoms with Gasteiger partial charge in [0.05, 0.1) is 12.2 Å². The van der Waals surface area contributed by atoms with E-state index in [1.165, 1.54) is 31.2 Å². The van der Waals surface area contributed by atoms with E-state index in [-0.39, 0.29) is 0 Å². The third-order valence-electron chi connectivity index (χ3n) is 3.40. The zero-order valence-corrected chi connectivity index (χ0v) is 9.74. The molecule has 15 heavy (non-hydrogen) atoms. The maximum Gasteiger partial charge on any atom is 0.0525 e. The first-order valence-corrected chi connectivity index (χ1v) is 6.00. The summed E-state index contributed by atoms with van der Waals surface area (Å²) in [6, 6.07) is 0.667. The molecule has 1 atom stereocenters. The monoisotopic (exact) mass is 207 g/mol. The Labute approximate surface area is 91.9 Å². The van der Waals surface area contributed by atoms with Crippen LogP contribution in [-0.2, 0) is 0 Å². The first-order valence-electron chi connectivity index (χ1n) is 6.00. The maximum absolute atomic E-state index is 4.49. The van der Waals surface area contributed by atoms with Gasteiger partial charge < -0.3 is 5.32 Å². The Morgan fingerprint density at radius 2 is 2.27 bits per heavy atom. The Morgan fingerprint density at radius 1 is 1.53 bits per heavy atom. The summed E-state index contributed by atoms with van der Waals surface area (Å²) in [6.45, 7) is 3.27. The fourth-order valence-corrected chi connectivity index (χ4v) is 2.40. The van der Waals surface area contributed by atoms with Crippen molar-refractivity contribution in [1.82, 2.24) is 15.1 Å². The van der Waals surface area contributed by atoms with Gasteiger partial charge in [-0.15, -0.1) is 0 Å². The van der Waals surface area contributed by atoms with Gasteiger partial charge in [-0.3, -0.25) is 4.68 Å². The van der Waals surface area contributed by atoms with Crippen LogP contribution in [0.1, 0.15) is 50.1 Å². The molecule has 1 aromatic heterocycles. The average molecular weight is 207 g/mol. The second-order valence-electron chi connectivity index (χ2n) is 4.65. The van der Waals surface area contributed by atoms with Crippen molar-refractivity contribution < 1.29 is 0 Å². The fourth-order valence-electron chi connectivity index (χ4n) is 2.40. The third kappa shape index (κ3) is 2.40. The van der Waals surface area contributed by atoms with Crippen LogP contribution in [-0.4, -0.2) is 23.4 Å². The van der Waals surface area contributed by atoms with E-state index in [9.17, 15) is 0 Å². The molecule has 0 radical (unpaired) electrons. The minimum atomic E-state index is 0.560. The Kier molecular flexibility index (Phi) is 3.41. The van der Waals surface area contributed by atoms with Crippen molar-refractivity contribution in [2.45, 2.75) is 44.6 Å². The van der Waals surface area contributed by atoms with Crippen LogP contribution < -0.4 is 5.32 Å². The number of hydrogen-bond acceptors (Lipinski definition) is 2. The van der Waals surface area contributed by atoms with Crippen LogP contribution in [0.2, 0.25) is 0 Å². The zero-order chi connectivity index (χ0) is 10.7. The summed E-state index contributed by atoms with van der Waals surface area (Å²) in [5.41, 5.74) is 1.36. The summed E-state index contributed by atoms with van der Waals surface area (Å²) in [5, 5.41) is 7.70. The van der Waals surface area contributed by atoms with E-state index in [1.54, 1.807) is 0 Å². The molecule has 3 heteroatoms. The van der Waals surface area contributed by atoms with Crippen LogP contribution in [0, 0.1) is 0 Å². The Balaban J connectivity index is 2.02. The molecule has 0 bridgehead atoms. The maximum atomic E-state index is 4.49. The van der Waals surface area contributed by atoms with Gasteiger partial charge in [-0.2, -0.15) is 5.10 Å². The molecule has 0 saturated heterocycles. The van der Waals surface area contributed by atoms with Gasteiger partial charge in [-0.25, -0.2) is 0 Å². The lowest BCUT2D eigenvalue weighted by molar-refractivity contribution is 0.466. The van der Waals surface area contributed by atoms with Crippen molar-refractivity contribution in [3.8, 4) is 0 Å². The molecule has 0 aliphatic heterocycles. The van der Waals surface area contributed by atoms with Crippen LogP contribution >= 0.6 is 0 Å². The van der Waals surface area contributed by atoms with E-state index in [2.05, 4.69) is 28.2 Å². The minimum Gasteiger partial charge on any atom is -0.319 e. The molecular weight excluding hydrogens is 186 g/mol. The molecule has 2 rings (SSSR count). The summed E-state index contributed by atoms with van der Waals surface area (Å²) in [5.74, 6) is 0.560. The van der Waals surface area contributed by atoms with E-state index in [0.717, 1.165) is 6.54 Å². The molecule has 1 aliphatic carbocycles. The van der Waals surface area contributed by atoms with Gasteiger partial charge in [0.15, 0.2) is 0 Å². The smallest absolute Gasteiger partial charge is 0.0525 e. The van der Waals surface area contributed by atoms with Crippen molar-refractivity contribution in [3.63, 3.8) is 0 Å². The van der Waals surface area contributed by atoms with Crippen molar-refractivity contribution in [2.75, 3.05) is 13.6 Å². The van der Waals surface area contributed by atoms with E-state index in [1.807, 2.05) is 13.2 Å². The van der Waals surface area contributed by atoms with Crippen LogP contribution in [0.5, 0.6) is 0 Å². The molecule has 1 aromatic rings. The molecule has 1 saturated carbocycles. The predicted octanol–water partition coefficient (Wildman–Crippen LogP) is 2.32. The van der Waals surface area contributed by atoms with Crippen LogP contribution in [0.4, 0.5) is 0 Å². The normalized spacial score (nSPS) is 19.6. The lowest BCUT2D eigenvalue weighted by Crippen LogP contribution is -2.14. The van der Waals surface area contributed by atoms with Crippen LogP contribution in [0.25, 0.3) is 0 Å². The first-order chi connectivity index (χ1) is 7.31. The number of hydrogen-bond donors (Lipinski definition) is 1. The van der Waals surface area contributed by atoms with Gasteiger partial charge in [0, 0.05) is 12.7 Å². The highest BCUT2D eigenvalue weighted by atomic mass is 15.3. The minimum absolute atomic E-state index is 0.560. The van der Waals surface area contributed by atoms with Crippen LogP contribution in [0.3, 0.4) is 0 Å². The predicted molar refractivity (Wildman–Crippen MR) is 62.1 cm³/mol. The highest BCUT2D eigenvalue weighted by Gasteiger charge is 2.18. The molecule has 3 nitrogen and oxygen atoms in total. The van der Waals surface area contributed by atoms with Gasteiger partial charge in [-0.05, 0) is 31.4 Å². The van der Waals surface area contributed by atoms with Crippen molar-refractivity contribution >= 4 is 0 Å². The number of nitrogens with one attached hydrogen (secondary N) is 1. The van der Waals surface area contributed by atoms with E-state index < -0.39 is 0 Å². The Hall–Kier alpha value is -0.830. The molecule has 1 heterocycles. The molecular formula is C12H21N3. The lowest BCUT2D eigenvalue weighted by Gasteiger charge is -2.10. The van der Waals surface area contributed by atoms with E-state index in [0.29, 0.717) is 12.0 Å². The number of likely N-dealkylation sites (N-methyl/N-ethyl adjacent to an activating group) is 1. The topological polar surface area (TPSA) is 29.9 Å². The fraction of sp³-hybridized carbons (Fsp3) is 0.750. The number of rotatable bonds is 4. The Morgan fingerprint density at radius 3 is 2.93 bits per heavy atom. The second kappa shape index (κ2) is 4.79. The zero-order valence-electron chi connectivity index (χ0n) is 9.74. The molecule has 1 aliphatic rings. The lowest BCUT2D eigenvalue weighted by atomic mass is 10.1. The number of nitrogens with zero attached hydrogens (tertiary/aromatic N) is 2. The van der Waals surface area contributed by atoms with Gasteiger partial charge >= 0.3 is 0 Å². The summed E-state index contributed by atoms with van der Waals surface area (Å²) in [4.78, 5) is 0. The van der Waals surface area contributed by atoms with E-state index >= 15 is 0 Å². The van der Waals surface area contributed by atoms with Crippen LogP contribution in [0.15, 0.2) is 12.4 Å². The first kappa shape index (κ1) is 10.7. The molecule has 84 valence electrons. The van der Waals surface area contributed by atoms with Gasteiger partial charge in [0.1, 0.15) is 0 Å². The standard InChI is InChI=1S/C12H21N3/c1-10(7-13-2)11-8-14-15(9-11)12-5-3-4-6-12/h8-10,12-13H,3-7H2,1-2H3. The van der Waals surface area contributed by atoms with E-state index in [4.69, 9.17) is 0 Å². The highest BCUT2D eigenvalue weighted by molar-refractivity contribution is 5.11. The SMILES string of the molecule is CNCC(C)c1cnn(C2CCCC2)c1. The Bertz CT molecular complexity index is 300. The molecule has 1 fully saturated rings. The third-order valence-corrected chi connectivity index (χ3v) is 3.40. The van der Waals surface area contributed by atoms with Crippen molar-refractivity contribution in [3.05, 3.63) is 18.0 Å². The molecule has 1 unspecified atom stereocenters. The highest BCUT2D eigenvalue weighted by Crippen LogP contribution is 2.29. The summed E-state index contributed by atoms with van der Waals surface area (Å²) in [6.07, 6.45) is 9.61.